The number of pyridine rings is 2. The Morgan fingerprint density at radius 1 is 0.625 bits per heavy atom. The van der Waals surface area contributed by atoms with E-state index in [4.69, 9.17) is 0 Å². The topological polar surface area (TPSA) is 7.76 Å². The van der Waals surface area contributed by atoms with Crippen molar-refractivity contribution in [2.45, 2.75) is 40.8 Å². The maximum absolute atomic E-state index is 2.31. The number of aromatic nitrogens is 2. The van der Waals surface area contributed by atoms with E-state index in [1.165, 1.54) is 33.4 Å². The van der Waals surface area contributed by atoms with Crippen molar-refractivity contribution in [3.8, 4) is 0 Å². The van der Waals surface area contributed by atoms with E-state index in [2.05, 4.69) is 98.0 Å². The molecule has 0 radical (unpaired) electrons. The first kappa shape index (κ1) is 16.4. The normalized spacial score (nSPS) is 10.8. The third-order valence-electron chi connectivity index (χ3n) is 4.72. The lowest BCUT2D eigenvalue weighted by Crippen LogP contribution is -2.35. The first-order valence-corrected chi connectivity index (χ1v) is 8.52. The van der Waals surface area contributed by atoms with Crippen LogP contribution in [0.15, 0.2) is 61.2 Å². The molecule has 0 saturated carbocycles. The van der Waals surface area contributed by atoms with E-state index in [0.717, 1.165) is 13.1 Å². The number of benzene rings is 1. The van der Waals surface area contributed by atoms with E-state index in [1.807, 2.05) is 0 Å². The molecule has 3 aromatic rings. The van der Waals surface area contributed by atoms with E-state index in [1.54, 1.807) is 0 Å². The van der Waals surface area contributed by atoms with Gasteiger partial charge in [-0.15, -0.1) is 0 Å². The van der Waals surface area contributed by atoms with Crippen molar-refractivity contribution in [3.05, 3.63) is 94.6 Å². The van der Waals surface area contributed by atoms with E-state index in [-0.39, 0.29) is 0 Å². The largest absolute Gasteiger partial charge is 0.201 e. The standard InChI is InChI=1S/C22H26N2/c1-17-8-10-23(13-19(17)3)15-21-6-5-7-22(12-21)16-24-11-9-18(2)20(4)14-24/h5-14H,15-16H2,1-4H3/q+2. The van der Waals surface area contributed by atoms with Crippen molar-refractivity contribution in [1.82, 2.24) is 0 Å². The molecule has 3 rings (SSSR count). The summed E-state index contributed by atoms with van der Waals surface area (Å²) in [6.07, 6.45) is 8.76. The van der Waals surface area contributed by atoms with Gasteiger partial charge in [-0.05, 0) is 44.9 Å². The molecule has 0 spiro atoms. The van der Waals surface area contributed by atoms with Gasteiger partial charge in [0.25, 0.3) is 0 Å². The summed E-state index contributed by atoms with van der Waals surface area (Å²) >= 11 is 0. The van der Waals surface area contributed by atoms with Crippen molar-refractivity contribution >= 4 is 0 Å². The minimum Gasteiger partial charge on any atom is -0.201 e. The summed E-state index contributed by atoms with van der Waals surface area (Å²) < 4.78 is 4.51. The fraction of sp³-hybridized carbons (Fsp3) is 0.273. The molecule has 0 amide bonds. The number of aryl methyl sites for hydroxylation is 4. The van der Waals surface area contributed by atoms with Gasteiger partial charge in [-0.3, -0.25) is 0 Å². The van der Waals surface area contributed by atoms with Gasteiger partial charge in [0.1, 0.15) is 0 Å². The second-order valence-electron chi connectivity index (χ2n) is 6.79. The maximum atomic E-state index is 2.31. The Labute approximate surface area is 145 Å². The molecule has 0 atom stereocenters. The molecule has 0 aliphatic carbocycles. The van der Waals surface area contributed by atoms with E-state index < -0.39 is 0 Å². The Hall–Kier alpha value is -2.48. The zero-order valence-corrected chi connectivity index (χ0v) is 15.1. The van der Waals surface area contributed by atoms with E-state index >= 15 is 0 Å². The van der Waals surface area contributed by atoms with Crippen molar-refractivity contribution in [2.75, 3.05) is 0 Å². The van der Waals surface area contributed by atoms with E-state index in [0.29, 0.717) is 0 Å². The number of nitrogens with zero attached hydrogens (tertiary/aromatic N) is 2. The molecule has 0 aliphatic heterocycles. The van der Waals surface area contributed by atoms with Crippen LogP contribution in [0.4, 0.5) is 0 Å². The number of hydrogen-bond acceptors (Lipinski definition) is 0. The molecule has 0 aliphatic rings. The summed E-state index contributed by atoms with van der Waals surface area (Å²) in [6, 6.07) is 13.2. The van der Waals surface area contributed by atoms with Crippen LogP contribution in [0.3, 0.4) is 0 Å². The Balaban J connectivity index is 1.78. The second kappa shape index (κ2) is 6.96. The van der Waals surface area contributed by atoms with Crippen LogP contribution < -0.4 is 9.13 Å². The van der Waals surface area contributed by atoms with E-state index in [9.17, 15) is 0 Å². The summed E-state index contributed by atoms with van der Waals surface area (Å²) in [5.74, 6) is 0. The van der Waals surface area contributed by atoms with Gasteiger partial charge in [-0.2, -0.15) is 0 Å². The predicted molar refractivity (Wildman–Crippen MR) is 96.9 cm³/mol. The monoisotopic (exact) mass is 318 g/mol. The lowest BCUT2D eigenvalue weighted by atomic mass is 10.1. The Morgan fingerprint density at radius 2 is 1.08 bits per heavy atom. The van der Waals surface area contributed by atoms with Crippen molar-refractivity contribution in [2.24, 2.45) is 0 Å². The fourth-order valence-corrected chi connectivity index (χ4v) is 2.91. The highest BCUT2D eigenvalue weighted by atomic mass is 14.9. The van der Waals surface area contributed by atoms with Crippen molar-refractivity contribution in [1.29, 1.82) is 0 Å². The van der Waals surface area contributed by atoms with Crippen LogP contribution in [0.25, 0.3) is 0 Å². The highest BCUT2D eigenvalue weighted by molar-refractivity contribution is 5.23. The molecule has 1 aromatic carbocycles. The van der Waals surface area contributed by atoms with Crippen molar-refractivity contribution in [3.63, 3.8) is 0 Å². The van der Waals surface area contributed by atoms with Gasteiger partial charge in [0.15, 0.2) is 37.9 Å². The van der Waals surface area contributed by atoms with Gasteiger partial charge < -0.3 is 0 Å². The first-order chi connectivity index (χ1) is 11.5. The Bertz CT molecular complexity index is 797. The smallest absolute Gasteiger partial charge is 0.173 e. The van der Waals surface area contributed by atoms with Gasteiger partial charge in [-0.1, -0.05) is 18.2 Å². The fourth-order valence-electron chi connectivity index (χ4n) is 2.91. The van der Waals surface area contributed by atoms with Crippen LogP contribution in [-0.4, -0.2) is 0 Å². The van der Waals surface area contributed by atoms with Crippen LogP contribution >= 0.6 is 0 Å². The van der Waals surface area contributed by atoms with Crippen LogP contribution in [0.5, 0.6) is 0 Å². The van der Waals surface area contributed by atoms with Gasteiger partial charge >= 0.3 is 0 Å². The maximum Gasteiger partial charge on any atom is 0.173 e. The minimum atomic E-state index is 0.909. The van der Waals surface area contributed by atoms with Crippen LogP contribution in [0.1, 0.15) is 33.4 Å². The zero-order chi connectivity index (χ0) is 17.1. The summed E-state index contributed by atoms with van der Waals surface area (Å²) in [4.78, 5) is 0. The molecular formula is C22H26N2+2. The average Bonchev–Trinajstić information content (AvgIpc) is 2.55. The third-order valence-corrected chi connectivity index (χ3v) is 4.72. The average molecular weight is 318 g/mol. The van der Waals surface area contributed by atoms with Gasteiger partial charge in [0, 0.05) is 34.4 Å². The molecule has 24 heavy (non-hydrogen) atoms. The molecule has 2 aromatic heterocycles. The lowest BCUT2D eigenvalue weighted by Gasteiger charge is -2.04. The molecule has 2 nitrogen and oxygen atoms in total. The number of hydrogen-bond donors (Lipinski definition) is 0. The minimum absolute atomic E-state index is 0.909. The molecule has 2 heteroatoms. The van der Waals surface area contributed by atoms with Crippen LogP contribution in [0.2, 0.25) is 0 Å². The first-order valence-electron chi connectivity index (χ1n) is 8.52. The third kappa shape index (κ3) is 3.88. The molecule has 0 unspecified atom stereocenters. The summed E-state index contributed by atoms with van der Waals surface area (Å²) in [5, 5.41) is 0. The quantitative estimate of drug-likeness (QED) is 0.650. The molecule has 2 heterocycles. The molecule has 0 fully saturated rings. The van der Waals surface area contributed by atoms with Gasteiger partial charge in [-0.25, -0.2) is 9.13 Å². The summed E-state index contributed by atoms with van der Waals surface area (Å²) in [6.45, 7) is 10.5. The molecule has 0 bridgehead atoms. The van der Waals surface area contributed by atoms with Crippen LogP contribution in [-0.2, 0) is 13.1 Å². The highest BCUT2D eigenvalue weighted by Gasteiger charge is 2.08. The second-order valence-corrected chi connectivity index (χ2v) is 6.79. The van der Waals surface area contributed by atoms with Crippen LogP contribution in [0, 0.1) is 27.7 Å². The van der Waals surface area contributed by atoms with Crippen molar-refractivity contribution < 1.29 is 9.13 Å². The SMILES string of the molecule is Cc1cc[n+](Cc2cccc(C[n+]3ccc(C)c(C)c3)c2)cc1C. The predicted octanol–water partition coefficient (Wildman–Crippen LogP) is 3.59. The molecular weight excluding hydrogens is 292 g/mol. The van der Waals surface area contributed by atoms with Gasteiger partial charge in [0.2, 0.25) is 0 Å². The zero-order valence-electron chi connectivity index (χ0n) is 15.1. The summed E-state index contributed by atoms with van der Waals surface area (Å²) in [5.41, 5.74) is 8.02. The Kier molecular flexibility index (Phi) is 4.75. The molecule has 0 saturated heterocycles. The lowest BCUT2D eigenvalue weighted by molar-refractivity contribution is -0.689. The van der Waals surface area contributed by atoms with Gasteiger partial charge in [0.05, 0.1) is 0 Å². The molecule has 0 N–H and O–H groups in total. The molecule has 122 valence electrons. The Morgan fingerprint density at radius 3 is 1.50 bits per heavy atom. The number of rotatable bonds is 4. The highest BCUT2D eigenvalue weighted by Crippen LogP contribution is 2.07. The summed E-state index contributed by atoms with van der Waals surface area (Å²) in [7, 11) is 0.